The third kappa shape index (κ3) is 3.81. The van der Waals surface area contributed by atoms with Crippen LogP contribution >= 0.6 is 11.8 Å². The molecule has 0 bridgehead atoms. The van der Waals surface area contributed by atoms with Crippen LogP contribution in [0.4, 0.5) is 0 Å². The first-order valence-electron chi connectivity index (χ1n) is 9.57. The molecule has 0 fully saturated rings. The van der Waals surface area contributed by atoms with Crippen LogP contribution < -0.4 is 0 Å². The molecule has 0 aliphatic carbocycles. The van der Waals surface area contributed by atoms with E-state index in [2.05, 4.69) is 12.1 Å². The van der Waals surface area contributed by atoms with Gasteiger partial charge in [0, 0.05) is 17.0 Å². The molecule has 1 aliphatic heterocycles. The first kappa shape index (κ1) is 19.3. The van der Waals surface area contributed by atoms with Crippen LogP contribution in [0.15, 0.2) is 89.5 Å². The second kappa shape index (κ2) is 8.18. The Morgan fingerprint density at radius 2 is 1.59 bits per heavy atom. The number of benzene rings is 3. The van der Waals surface area contributed by atoms with Gasteiger partial charge in [0.25, 0.3) is 5.91 Å². The Balaban J connectivity index is 1.77. The predicted molar refractivity (Wildman–Crippen MR) is 119 cm³/mol. The zero-order valence-corrected chi connectivity index (χ0v) is 17.3. The van der Waals surface area contributed by atoms with Gasteiger partial charge < -0.3 is 10.0 Å². The third-order valence-electron chi connectivity index (χ3n) is 5.29. The van der Waals surface area contributed by atoms with Crippen molar-refractivity contribution >= 4 is 23.2 Å². The molecule has 0 saturated carbocycles. The fraction of sp³-hybridized carbons (Fsp3) is 0.160. The van der Waals surface area contributed by atoms with Crippen molar-refractivity contribution in [2.75, 3.05) is 6.26 Å². The Kier molecular flexibility index (Phi) is 5.45. The molecule has 4 rings (SSSR count). The van der Waals surface area contributed by atoms with Crippen LogP contribution in [0.1, 0.15) is 28.3 Å². The van der Waals surface area contributed by atoms with Gasteiger partial charge in [-0.2, -0.15) is 0 Å². The standard InChI is InChI=1S/C25H23NO2S/c1-17-8-12-20(13-9-17)23-22(19-6-4-3-5-7-19)24(27)25(28)26(23)16-18-10-14-21(29-2)15-11-18/h3-15,23,27H,16H2,1-2H3. The Bertz CT molecular complexity index is 1040. The molecule has 0 aromatic heterocycles. The molecule has 1 atom stereocenters. The number of aliphatic hydroxyl groups excluding tert-OH is 1. The van der Waals surface area contributed by atoms with Gasteiger partial charge in [0.15, 0.2) is 5.76 Å². The number of nitrogens with zero attached hydrogens (tertiary/aromatic N) is 1. The molecule has 1 N–H and O–H groups in total. The van der Waals surface area contributed by atoms with Crippen LogP contribution in [-0.4, -0.2) is 22.2 Å². The fourth-order valence-corrected chi connectivity index (χ4v) is 4.16. The maximum absolute atomic E-state index is 13.1. The van der Waals surface area contributed by atoms with Crippen molar-refractivity contribution in [3.8, 4) is 0 Å². The molecule has 0 saturated heterocycles. The summed E-state index contributed by atoms with van der Waals surface area (Å²) in [6.07, 6.45) is 2.04. The molecular formula is C25H23NO2S. The smallest absolute Gasteiger partial charge is 0.290 e. The minimum absolute atomic E-state index is 0.164. The van der Waals surface area contributed by atoms with Crippen LogP contribution in [-0.2, 0) is 11.3 Å². The second-order valence-corrected chi connectivity index (χ2v) is 8.10. The molecule has 1 amide bonds. The van der Waals surface area contributed by atoms with Gasteiger partial charge in [-0.1, -0.05) is 72.3 Å². The SMILES string of the molecule is CSc1ccc(CN2C(=O)C(O)=C(c3ccccc3)C2c2ccc(C)cc2)cc1. The number of aliphatic hydroxyl groups is 1. The summed E-state index contributed by atoms with van der Waals surface area (Å²) in [6.45, 7) is 2.48. The maximum atomic E-state index is 13.1. The van der Waals surface area contributed by atoms with Gasteiger partial charge in [-0.15, -0.1) is 11.8 Å². The summed E-state index contributed by atoms with van der Waals surface area (Å²) in [7, 11) is 0. The second-order valence-electron chi connectivity index (χ2n) is 7.22. The molecule has 3 aromatic rings. The number of carbonyl (C=O) groups is 1. The highest BCUT2D eigenvalue weighted by molar-refractivity contribution is 7.98. The van der Waals surface area contributed by atoms with Gasteiger partial charge in [-0.25, -0.2) is 0 Å². The summed E-state index contributed by atoms with van der Waals surface area (Å²) in [5.74, 6) is -0.495. The van der Waals surface area contributed by atoms with Gasteiger partial charge in [-0.05, 0) is 42.0 Å². The highest BCUT2D eigenvalue weighted by Crippen LogP contribution is 2.43. The Labute approximate surface area is 175 Å². The van der Waals surface area contributed by atoms with Crippen molar-refractivity contribution in [2.24, 2.45) is 0 Å². The van der Waals surface area contributed by atoms with E-state index in [0.717, 1.165) is 22.3 Å². The number of hydrogen-bond acceptors (Lipinski definition) is 3. The molecule has 29 heavy (non-hydrogen) atoms. The lowest BCUT2D eigenvalue weighted by Crippen LogP contribution is -2.29. The Morgan fingerprint density at radius 1 is 0.931 bits per heavy atom. The summed E-state index contributed by atoms with van der Waals surface area (Å²) >= 11 is 1.69. The van der Waals surface area contributed by atoms with Crippen molar-refractivity contribution in [2.45, 2.75) is 24.4 Å². The lowest BCUT2D eigenvalue weighted by atomic mass is 9.93. The van der Waals surface area contributed by atoms with Gasteiger partial charge in [0.2, 0.25) is 0 Å². The van der Waals surface area contributed by atoms with Crippen LogP contribution in [0.25, 0.3) is 5.57 Å². The van der Waals surface area contributed by atoms with Gasteiger partial charge in [0.05, 0.1) is 6.04 Å². The predicted octanol–water partition coefficient (Wildman–Crippen LogP) is 5.77. The van der Waals surface area contributed by atoms with E-state index in [4.69, 9.17) is 0 Å². The summed E-state index contributed by atoms with van der Waals surface area (Å²) < 4.78 is 0. The van der Waals surface area contributed by atoms with E-state index >= 15 is 0 Å². The average Bonchev–Trinajstić information content (AvgIpc) is 3.00. The summed E-state index contributed by atoms with van der Waals surface area (Å²) in [5, 5.41) is 10.8. The zero-order chi connectivity index (χ0) is 20.4. The number of hydrogen-bond donors (Lipinski definition) is 1. The summed E-state index contributed by atoms with van der Waals surface area (Å²) in [5.41, 5.74) is 4.72. The molecule has 4 heteroatoms. The van der Waals surface area contributed by atoms with Crippen molar-refractivity contribution in [3.05, 3.63) is 107 Å². The first-order valence-corrected chi connectivity index (χ1v) is 10.8. The molecule has 1 heterocycles. The molecular weight excluding hydrogens is 378 g/mol. The van der Waals surface area contributed by atoms with E-state index in [1.165, 1.54) is 4.90 Å². The van der Waals surface area contributed by atoms with E-state index in [1.54, 1.807) is 16.7 Å². The molecule has 0 radical (unpaired) electrons. The number of thioether (sulfide) groups is 1. The Hall–Kier alpha value is -2.98. The number of amides is 1. The number of aryl methyl sites for hydroxylation is 1. The van der Waals surface area contributed by atoms with Crippen molar-refractivity contribution in [1.82, 2.24) is 4.90 Å². The normalized spacial score (nSPS) is 16.6. The van der Waals surface area contributed by atoms with Gasteiger partial charge >= 0.3 is 0 Å². The molecule has 1 unspecified atom stereocenters. The molecule has 3 aromatic carbocycles. The summed E-state index contributed by atoms with van der Waals surface area (Å²) in [6, 6.07) is 25.7. The molecule has 146 valence electrons. The minimum atomic E-state index is -0.330. The van der Waals surface area contributed by atoms with Crippen LogP contribution in [0.5, 0.6) is 0 Å². The Morgan fingerprint density at radius 3 is 2.21 bits per heavy atom. The van der Waals surface area contributed by atoms with Gasteiger partial charge in [0.1, 0.15) is 0 Å². The lowest BCUT2D eigenvalue weighted by molar-refractivity contribution is -0.130. The van der Waals surface area contributed by atoms with E-state index in [9.17, 15) is 9.90 Å². The highest BCUT2D eigenvalue weighted by Gasteiger charge is 2.40. The van der Waals surface area contributed by atoms with Crippen molar-refractivity contribution < 1.29 is 9.90 Å². The largest absolute Gasteiger partial charge is 0.503 e. The van der Waals surface area contributed by atoms with Crippen molar-refractivity contribution in [3.63, 3.8) is 0 Å². The number of carbonyl (C=O) groups excluding carboxylic acids is 1. The first-order chi connectivity index (χ1) is 14.1. The monoisotopic (exact) mass is 401 g/mol. The minimum Gasteiger partial charge on any atom is -0.503 e. The van der Waals surface area contributed by atoms with Crippen LogP contribution in [0, 0.1) is 6.92 Å². The average molecular weight is 402 g/mol. The highest BCUT2D eigenvalue weighted by atomic mass is 32.2. The molecule has 3 nitrogen and oxygen atoms in total. The van der Waals surface area contributed by atoms with E-state index in [-0.39, 0.29) is 17.7 Å². The fourth-order valence-electron chi connectivity index (χ4n) is 3.75. The lowest BCUT2D eigenvalue weighted by Gasteiger charge is -2.27. The molecule has 1 aliphatic rings. The zero-order valence-electron chi connectivity index (χ0n) is 16.5. The molecule has 0 spiro atoms. The van der Waals surface area contributed by atoms with Crippen molar-refractivity contribution in [1.29, 1.82) is 0 Å². The third-order valence-corrected chi connectivity index (χ3v) is 6.04. The van der Waals surface area contributed by atoms with Crippen LogP contribution in [0.3, 0.4) is 0 Å². The van der Waals surface area contributed by atoms with E-state index in [0.29, 0.717) is 12.1 Å². The summed E-state index contributed by atoms with van der Waals surface area (Å²) in [4.78, 5) is 16.0. The quantitative estimate of drug-likeness (QED) is 0.552. The van der Waals surface area contributed by atoms with Crippen LogP contribution in [0.2, 0.25) is 0 Å². The number of rotatable bonds is 5. The van der Waals surface area contributed by atoms with Gasteiger partial charge in [-0.3, -0.25) is 4.79 Å². The van der Waals surface area contributed by atoms with E-state index < -0.39 is 0 Å². The topological polar surface area (TPSA) is 40.5 Å². The maximum Gasteiger partial charge on any atom is 0.290 e. The van der Waals surface area contributed by atoms with E-state index in [1.807, 2.05) is 79.9 Å².